The van der Waals surface area contributed by atoms with Crippen LogP contribution in [0.4, 0.5) is 0 Å². The summed E-state index contributed by atoms with van der Waals surface area (Å²) in [6, 6.07) is 0. The summed E-state index contributed by atoms with van der Waals surface area (Å²) in [6.07, 6.45) is 4.40. The second-order valence-electron chi connectivity index (χ2n) is 12.5. The predicted octanol–water partition coefficient (Wildman–Crippen LogP) is 3.04. The van der Waals surface area contributed by atoms with Gasteiger partial charge >= 0.3 is 11.9 Å². The molecule has 4 rings (SSSR count). The van der Waals surface area contributed by atoms with Crippen LogP contribution in [0.25, 0.3) is 0 Å². The van der Waals surface area contributed by atoms with E-state index < -0.39 is 76.3 Å². The largest absolute Gasteiger partial charge is 0.454 e. The van der Waals surface area contributed by atoms with Gasteiger partial charge in [0.25, 0.3) is 0 Å². The molecule has 4 aliphatic carbocycles. The van der Waals surface area contributed by atoms with Crippen molar-refractivity contribution in [2.75, 3.05) is 6.61 Å². The molecule has 8 nitrogen and oxygen atoms in total. The van der Waals surface area contributed by atoms with E-state index in [2.05, 4.69) is 0 Å². The lowest BCUT2D eigenvalue weighted by atomic mass is 9.59. The molecular weight excluding hydrogens is 488 g/mol. The Hall–Kier alpha value is -2.29. The number of aliphatic hydroxyl groups is 3. The van der Waals surface area contributed by atoms with Crippen LogP contribution < -0.4 is 0 Å². The van der Waals surface area contributed by atoms with Gasteiger partial charge in [-0.05, 0) is 38.3 Å². The summed E-state index contributed by atoms with van der Waals surface area (Å²) < 4.78 is 12.4. The third-order valence-corrected chi connectivity index (χ3v) is 10.2. The average molecular weight is 531 g/mol. The number of hydrogen-bond donors (Lipinski definition) is 3. The van der Waals surface area contributed by atoms with Crippen molar-refractivity contribution in [3.8, 4) is 0 Å². The first kappa shape index (κ1) is 28.7. The predicted molar refractivity (Wildman–Crippen MR) is 139 cm³/mol. The lowest BCUT2D eigenvalue weighted by Crippen LogP contribution is -2.66. The molecule has 0 bridgehead atoms. The topological polar surface area (TPSA) is 130 Å². The third-order valence-electron chi connectivity index (χ3n) is 10.2. The number of carbonyl (C=O) groups excluding carboxylic acids is 3. The average Bonchev–Trinajstić information content (AvgIpc) is 3.30. The molecule has 0 aromatic carbocycles. The molecule has 0 aromatic heterocycles. The fourth-order valence-corrected chi connectivity index (χ4v) is 7.58. The molecular formula is C30H42O8. The Labute approximate surface area is 224 Å². The van der Waals surface area contributed by atoms with E-state index in [1.54, 1.807) is 52.8 Å². The first-order chi connectivity index (χ1) is 17.6. The number of ketones is 1. The van der Waals surface area contributed by atoms with Crippen LogP contribution in [0.5, 0.6) is 0 Å². The molecule has 0 amide bonds. The molecule has 210 valence electrons. The van der Waals surface area contributed by atoms with Crippen molar-refractivity contribution in [1.82, 2.24) is 0 Å². The monoisotopic (exact) mass is 530 g/mol. The van der Waals surface area contributed by atoms with Crippen LogP contribution in [0, 0.1) is 35.0 Å². The Balaban J connectivity index is 1.95. The minimum atomic E-state index is -1.95. The summed E-state index contributed by atoms with van der Waals surface area (Å²) >= 11 is 0. The summed E-state index contributed by atoms with van der Waals surface area (Å²) in [4.78, 5) is 39.6. The molecule has 3 N–H and O–H groups in total. The zero-order chi connectivity index (χ0) is 28.6. The molecule has 0 aliphatic heterocycles. The Morgan fingerprint density at radius 3 is 2.42 bits per heavy atom. The van der Waals surface area contributed by atoms with Crippen molar-refractivity contribution in [2.24, 2.45) is 35.0 Å². The van der Waals surface area contributed by atoms with Crippen LogP contribution >= 0.6 is 0 Å². The Morgan fingerprint density at radius 1 is 1.24 bits per heavy atom. The van der Waals surface area contributed by atoms with Gasteiger partial charge < -0.3 is 24.8 Å². The highest BCUT2D eigenvalue weighted by molar-refractivity contribution is 6.04. The number of esters is 2. The van der Waals surface area contributed by atoms with Gasteiger partial charge in [-0.1, -0.05) is 52.8 Å². The molecule has 0 radical (unpaired) electrons. The summed E-state index contributed by atoms with van der Waals surface area (Å²) in [5.74, 6) is -4.91. The number of rotatable bonds is 6. The SMILES string of the molecule is C/C=C(\C)C(=O)O[C@@H]1[C@@H](C)[C@@]2(O)[C@@H](C=C(CO)C[C@]3(O)C(=O)C(C)=C[C@@H]23)[C@H]2C(C)(C)[C@]12OC(=O)[C@H](C)CC. The number of hydrogen-bond acceptors (Lipinski definition) is 8. The van der Waals surface area contributed by atoms with E-state index in [0.29, 0.717) is 23.1 Å². The third kappa shape index (κ3) is 3.56. The maximum Gasteiger partial charge on any atom is 0.333 e. The zero-order valence-corrected chi connectivity index (χ0v) is 23.7. The van der Waals surface area contributed by atoms with E-state index in [0.717, 1.165) is 0 Å². The first-order valence-corrected chi connectivity index (χ1v) is 13.6. The standard InChI is InChI=1S/C30H42O8/c1-9-15(3)25(33)37-24-18(6)29(36)20(22-27(7,8)30(22,24)38-26(34)16(4)10-2)12-19(14-31)13-28(35)21(29)11-17(5)23(28)32/h9,11-12,16,18,20-22,24,31,35-36H,10,13-14H2,1-8H3/b15-9+/t16-,18-,20+,21-,22+,24-,28-,29-,30-/m1/s1. The highest BCUT2D eigenvalue weighted by Gasteiger charge is 2.88. The van der Waals surface area contributed by atoms with E-state index in [9.17, 15) is 29.7 Å². The van der Waals surface area contributed by atoms with Crippen molar-refractivity contribution in [3.63, 3.8) is 0 Å². The fraction of sp³-hybridized carbons (Fsp3) is 0.700. The molecule has 2 saturated carbocycles. The Kier molecular flexibility index (Phi) is 6.90. The van der Waals surface area contributed by atoms with Crippen molar-refractivity contribution < 1.29 is 39.2 Å². The van der Waals surface area contributed by atoms with Gasteiger partial charge in [-0.15, -0.1) is 0 Å². The fourth-order valence-electron chi connectivity index (χ4n) is 7.58. The quantitative estimate of drug-likeness (QED) is 0.271. The molecule has 9 atom stereocenters. The van der Waals surface area contributed by atoms with Crippen molar-refractivity contribution in [3.05, 3.63) is 34.9 Å². The van der Waals surface area contributed by atoms with Crippen molar-refractivity contribution in [1.29, 1.82) is 0 Å². The van der Waals surface area contributed by atoms with Gasteiger partial charge in [-0.3, -0.25) is 9.59 Å². The van der Waals surface area contributed by atoms with Gasteiger partial charge in [0.2, 0.25) is 0 Å². The minimum Gasteiger partial charge on any atom is -0.454 e. The van der Waals surface area contributed by atoms with Gasteiger partial charge in [0.1, 0.15) is 11.7 Å². The second kappa shape index (κ2) is 9.14. The Bertz CT molecular complexity index is 1150. The van der Waals surface area contributed by atoms with Gasteiger partial charge in [-0.2, -0.15) is 0 Å². The molecule has 2 fully saturated rings. The van der Waals surface area contributed by atoms with Crippen LogP contribution in [0.2, 0.25) is 0 Å². The molecule has 0 spiro atoms. The summed E-state index contributed by atoms with van der Waals surface area (Å²) in [7, 11) is 0. The molecule has 0 heterocycles. The first-order valence-electron chi connectivity index (χ1n) is 13.6. The lowest BCUT2D eigenvalue weighted by molar-refractivity contribution is -0.228. The van der Waals surface area contributed by atoms with E-state index in [4.69, 9.17) is 9.47 Å². The summed E-state index contributed by atoms with van der Waals surface area (Å²) in [6.45, 7) is 13.8. The number of ether oxygens (including phenoxy) is 2. The maximum atomic E-state index is 13.3. The van der Waals surface area contributed by atoms with Crippen LogP contribution in [-0.4, -0.2) is 62.6 Å². The van der Waals surface area contributed by atoms with Crippen LogP contribution in [-0.2, 0) is 23.9 Å². The Morgan fingerprint density at radius 2 is 1.87 bits per heavy atom. The van der Waals surface area contributed by atoms with Crippen LogP contribution in [0.15, 0.2) is 34.9 Å². The highest BCUT2D eigenvalue weighted by Crippen LogP contribution is 2.77. The molecule has 0 saturated heterocycles. The maximum absolute atomic E-state index is 13.3. The lowest BCUT2D eigenvalue weighted by Gasteiger charge is -2.53. The van der Waals surface area contributed by atoms with Crippen molar-refractivity contribution >= 4 is 17.7 Å². The van der Waals surface area contributed by atoms with Gasteiger partial charge in [0.15, 0.2) is 11.4 Å². The number of aliphatic hydroxyl groups excluding tert-OH is 1. The normalized spacial score (nSPS) is 42.0. The van der Waals surface area contributed by atoms with Crippen molar-refractivity contribution in [2.45, 2.75) is 91.1 Å². The van der Waals surface area contributed by atoms with Crippen LogP contribution in [0.1, 0.15) is 68.2 Å². The van der Waals surface area contributed by atoms with Gasteiger partial charge in [-0.25, -0.2) is 4.79 Å². The number of fused-ring (bicyclic) bond motifs is 5. The number of carbonyl (C=O) groups is 3. The summed E-state index contributed by atoms with van der Waals surface area (Å²) in [5, 5.41) is 34.7. The number of Topliss-reactive ketones (excluding diaryl/α,β-unsaturated/α-hetero) is 1. The molecule has 8 heteroatoms. The van der Waals surface area contributed by atoms with Gasteiger partial charge in [0.05, 0.1) is 18.1 Å². The van der Waals surface area contributed by atoms with Gasteiger partial charge in [0, 0.05) is 41.1 Å². The van der Waals surface area contributed by atoms with E-state index >= 15 is 0 Å². The highest BCUT2D eigenvalue weighted by atomic mass is 16.6. The van der Waals surface area contributed by atoms with E-state index in [1.807, 2.05) is 20.8 Å². The van der Waals surface area contributed by atoms with E-state index in [1.165, 1.54) is 0 Å². The number of allylic oxidation sites excluding steroid dienone is 1. The second-order valence-corrected chi connectivity index (χ2v) is 12.5. The zero-order valence-electron chi connectivity index (χ0n) is 23.7. The van der Waals surface area contributed by atoms with Crippen LogP contribution in [0.3, 0.4) is 0 Å². The molecule has 0 unspecified atom stereocenters. The smallest absolute Gasteiger partial charge is 0.333 e. The molecule has 38 heavy (non-hydrogen) atoms. The minimum absolute atomic E-state index is 0.124. The summed E-state index contributed by atoms with van der Waals surface area (Å²) in [5.41, 5.74) is -4.51. The molecule has 0 aromatic rings. The van der Waals surface area contributed by atoms with E-state index in [-0.39, 0.29) is 12.3 Å². The molecule has 4 aliphatic rings.